The summed E-state index contributed by atoms with van der Waals surface area (Å²) in [5, 5.41) is 1.95. The number of hydrogen-bond donors (Lipinski definition) is 0. The molecule has 0 N–H and O–H groups in total. The minimum Gasteiger partial charge on any atom is -0.496 e. The average molecular weight is 439 g/mol. The minimum atomic E-state index is -0.0110. The number of aryl methyl sites for hydroxylation is 1. The summed E-state index contributed by atoms with van der Waals surface area (Å²) >= 11 is 1.65. The van der Waals surface area contributed by atoms with Crippen molar-refractivity contribution in [2.45, 2.75) is 26.3 Å². The SMILES string of the molecule is COc1cc(C(=O)c2c(N(C)C)sc3cc(C)ccc23)cc(OC)c1CN1CCCC1. The molecule has 1 saturated heterocycles. The fourth-order valence-corrected chi connectivity index (χ4v) is 5.53. The number of thiophene rings is 1. The van der Waals surface area contributed by atoms with Gasteiger partial charge in [-0.25, -0.2) is 0 Å². The Hall–Kier alpha value is -2.57. The number of anilines is 1. The van der Waals surface area contributed by atoms with Crippen molar-refractivity contribution in [3.05, 3.63) is 52.6 Å². The number of methoxy groups -OCH3 is 2. The van der Waals surface area contributed by atoms with E-state index in [9.17, 15) is 4.79 Å². The third-order valence-electron chi connectivity index (χ3n) is 5.91. The monoisotopic (exact) mass is 438 g/mol. The van der Waals surface area contributed by atoms with Crippen LogP contribution in [0.3, 0.4) is 0 Å². The van der Waals surface area contributed by atoms with Gasteiger partial charge in [-0.1, -0.05) is 12.1 Å². The van der Waals surface area contributed by atoms with Gasteiger partial charge in [-0.3, -0.25) is 9.69 Å². The topological polar surface area (TPSA) is 42.0 Å². The molecule has 1 aromatic heterocycles. The van der Waals surface area contributed by atoms with E-state index in [2.05, 4.69) is 30.0 Å². The Bertz CT molecular complexity index is 1090. The summed E-state index contributed by atoms with van der Waals surface area (Å²) in [5.41, 5.74) is 3.51. The number of carbonyl (C=O) groups excluding carboxylic acids is 1. The molecule has 0 atom stereocenters. The van der Waals surface area contributed by atoms with E-state index in [1.807, 2.05) is 31.1 Å². The predicted molar refractivity (Wildman–Crippen MR) is 128 cm³/mol. The van der Waals surface area contributed by atoms with Crippen LogP contribution < -0.4 is 14.4 Å². The molecule has 5 nitrogen and oxygen atoms in total. The Morgan fingerprint density at radius 3 is 2.29 bits per heavy atom. The van der Waals surface area contributed by atoms with Gasteiger partial charge >= 0.3 is 0 Å². The van der Waals surface area contributed by atoms with Gasteiger partial charge in [0, 0.05) is 36.3 Å². The molecule has 0 amide bonds. The molecule has 1 aliphatic rings. The fraction of sp³-hybridized carbons (Fsp3) is 0.400. The quantitative estimate of drug-likeness (QED) is 0.479. The highest BCUT2D eigenvalue weighted by Crippen LogP contribution is 2.41. The van der Waals surface area contributed by atoms with Gasteiger partial charge in [-0.15, -0.1) is 11.3 Å². The third-order valence-corrected chi connectivity index (χ3v) is 7.23. The van der Waals surface area contributed by atoms with E-state index >= 15 is 0 Å². The molecule has 4 rings (SSSR count). The summed E-state index contributed by atoms with van der Waals surface area (Å²) in [6.07, 6.45) is 2.44. The Morgan fingerprint density at radius 1 is 1.06 bits per heavy atom. The lowest BCUT2D eigenvalue weighted by molar-refractivity contribution is 0.104. The number of rotatable bonds is 7. The molecule has 2 heterocycles. The predicted octanol–water partition coefficient (Wildman–Crippen LogP) is 5.12. The molecule has 2 aromatic carbocycles. The molecule has 3 aromatic rings. The highest BCUT2D eigenvalue weighted by Gasteiger charge is 2.25. The lowest BCUT2D eigenvalue weighted by Gasteiger charge is -2.20. The smallest absolute Gasteiger partial charge is 0.196 e. The average Bonchev–Trinajstić information content (AvgIpc) is 3.40. The normalized spacial score (nSPS) is 14.2. The number of fused-ring (bicyclic) bond motifs is 1. The number of ketones is 1. The zero-order chi connectivity index (χ0) is 22.1. The molecular weight excluding hydrogens is 408 g/mol. The van der Waals surface area contributed by atoms with Gasteiger partial charge in [0.2, 0.25) is 0 Å². The van der Waals surface area contributed by atoms with Crippen LogP contribution in [0.25, 0.3) is 10.1 Å². The Balaban J connectivity index is 1.81. The second-order valence-corrected chi connectivity index (χ2v) is 9.38. The van der Waals surface area contributed by atoms with Crippen LogP contribution in [0.1, 0.15) is 39.9 Å². The Labute approximate surface area is 188 Å². The maximum Gasteiger partial charge on any atom is 0.196 e. The molecule has 0 saturated carbocycles. The minimum absolute atomic E-state index is 0.0110. The third kappa shape index (κ3) is 4.14. The van der Waals surface area contributed by atoms with E-state index in [1.165, 1.54) is 18.4 Å². The van der Waals surface area contributed by atoms with Crippen LogP contribution in [0.5, 0.6) is 11.5 Å². The second kappa shape index (κ2) is 8.89. The van der Waals surface area contributed by atoms with Crippen molar-refractivity contribution in [1.82, 2.24) is 4.90 Å². The Morgan fingerprint density at radius 2 is 1.71 bits per heavy atom. The van der Waals surface area contributed by atoms with Gasteiger partial charge in [0.15, 0.2) is 5.78 Å². The van der Waals surface area contributed by atoms with Gasteiger partial charge in [-0.2, -0.15) is 0 Å². The summed E-state index contributed by atoms with van der Waals surface area (Å²) in [7, 11) is 7.28. The highest BCUT2D eigenvalue weighted by molar-refractivity contribution is 7.23. The van der Waals surface area contributed by atoms with Crippen LogP contribution in [0.15, 0.2) is 30.3 Å². The lowest BCUT2D eigenvalue weighted by Crippen LogP contribution is -2.19. The number of nitrogens with zero attached hydrogens (tertiary/aromatic N) is 2. The Kier molecular flexibility index (Phi) is 6.21. The fourth-order valence-electron chi connectivity index (χ4n) is 4.30. The standard InChI is InChI=1S/C25H30N2O3S/c1-16-8-9-18-22(12-16)31-25(26(2)3)23(18)24(28)17-13-20(29-4)19(21(14-17)30-5)15-27-10-6-7-11-27/h8-9,12-14H,6-7,10-11,15H2,1-5H3. The zero-order valence-electron chi connectivity index (χ0n) is 18.9. The van der Waals surface area contributed by atoms with Crippen molar-refractivity contribution in [3.8, 4) is 11.5 Å². The van der Waals surface area contributed by atoms with Crippen LogP contribution in [0.2, 0.25) is 0 Å². The molecule has 0 unspecified atom stereocenters. The zero-order valence-corrected chi connectivity index (χ0v) is 19.8. The first-order valence-corrected chi connectivity index (χ1v) is 11.5. The first-order chi connectivity index (χ1) is 14.9. The summed E-state index contributed by atoms with van der Waals surface area (Å²) in [6, 6.07) is 9.99. The van der Waals surface area contributed by atoms with Crippen molar-refractivity contribution in [2.75, 3.05) is 46.3 Å². The van der Waals surface area contributed by atoms with Crippen molar-refractivity contribution in [2.24, 2.45) is 0 Å². The molecule has 0 aliphatic carbocycles. The van der Waals surface area contributed by atoms with Gasteiger partial charge in [0.25, 0.3) is 0 Å². The van der Waals surface area contributed by atoms with Crippen molar-refractivity contribution < 1.29 is 14.3 Å². The van der Waals surface area contributed by atoms with E-state index in [-0.39, 0.29) is 5.78 Å². The van der Waals surface area contributed by atoms with E-state index < -0.39 is 0 Å². The summed E-state index contributed by atoms with van der Waals surface area (Å²) in [6.45, 7) is 5.01. The molecule has 164 valence electrons. The van der Waals surface area contributed by atoms with Crippen LogP contribution in [-0.2, 0) is 6.54 Å². The van der Waals surface area contributed by atoms with E-state index in [0.717, 1.165) is 45.8 Å². The van der Waals surface area contributed by atoms with Crippen molar-refractivity contribution in [1.29, 1.82) is 0 Å². The molecule has 1 aliphatic heterocycles. The van der Waals surface area contributed by atoms with Gasteiger partial charge in [-0.05, 0) is 56.6 Å². The molecule has 0 spiro atoms. The van der Waals surface area contributed by atoms with Gasteiger partial charge in [0.05, 0.1) is 25.3 Å². The summed E-state index contributed by atoms with van der Waals surface area (Å²) < 4.78 is 12.6. The molecule has 31 heavy (non-hydrogen) atoms. The van der Waals surface area contributed by atoms with E-state index in [0.29, 0.717) is 17.1 Å². The summed E-state index contributed by atoms with van der Waals surface area (Å²) in [4.78, 5) is 18.2. The highest BCUT2D eigenvalue weighted by atomic mass is 32.1. The number of likely N-dealkylation sites (tertiary alicyclic amines) is 1. The molecule has 6 heteroatoms. The van der Waals surface area contributed by atoms with Crippen LogP contribution >= 0.6 is 11.3 Å². The maximum atomic E-state index is 13.8. The molecule has 1 fully saturated rings. The lowest BCUT2D eigenvalue weighted by atomic mass is 9.98. The van der Waals surface area contributed by atoms with Gasteiger partial charge in [0.1, 0.15) is 16.5 Å². The number of ether oxygens (including phenoxy) is 2. The van der Waals surface area contributed by atoms with Crippen molar-refractivity contribution in [3.63, 3.8) is 0 Å². The van der Waals surface area contributed by atoms with Crippen LogP contribution in [0, 0.1) is 6.92 Å². The maximum absolute atomic E-state index is 13.8. The number of hydrogen-bond acceptors (Lipinski definition) is 6. The number of benzene rings is 2. The molecular formula is C25H30N2O3S. The second-order valence-electron chi connectivity index (χ2n) is 8.35. The number of carbonyl (C=O) groups is 1. The van der Waals surface area contributed by atoms with E-state index in [1.54, 1.807) is 25.6 Å². The van der Waals surface area contributed by atoms with Crippen molar-refractivity contribution >= 4 is 32.2 Å². The first kappa shape index (κ1) is 21.7. The summed E-state index contributed by atoms with van der Waals surface area (Å²) in [5.74, 6) is 1.40. The largest absolute Gasteiger partial charge is 0.496 e. The van der Waals surface area contributed by atoms with Gasteiger partial charge < -0.3 is 14.4 Å². The first-order valence-electron chi connectivity index (χ1n) is 10.7. The van der Waals surface area contributed by atoms with E-state index in [4.69, 9.17) is 9.47 Å². The van der Waals surface area contributed by atoms with Crippen LogP contribution in [0.4, 0.5) is 5.00 Å². The molecule has 0 bridgehead atoms. The molecule has 0 radical (unpaired) electrons. The van der Waals surface area contributed by atoms with Crippen LogP contribution in [-0.4, -0.2) is 52.1 Å².